The predicted molar refractivity (Wildman–Crippen MR) is 199 cm³/mol. The van der Waals surface area contributed by atoms with Crippen molar-refractivity contribution in [2.24, 2.45) is 17.8 Å². The topological polar surface area (TPSA) is 131 Å². The third-order valence-corrected chi connectivity index (χ3v) is 10.7. The van der Waals surface area contributed by atoms with Gasteiger partial charge in [0.25, 0.3) is 0 Å². The second-order valence-electron chi connectivity index (χ2n) is 14.5. The van der Waals surface area contributed by atoms with E-state index in [-0.39, 0.29) is 30.1 Å². The summed E-state index contributed by atoms with van der Waals surface area (Å²) in [7, 11) is 5.59. The Bertz CT molecular complexity index is 1140. The summed E-state index contributed by atoms with van der Waals surface area (Å²) >= 11 is 0. The van der Waals surface area contributed by atoms with Crippen LogP contribution in [0.2, 0.25) is 0 Å². The number of ketones is 1. The van der Waals surface area contributed by atoms with Crippen LogP contribution in [0.3, 0.4) is 0 Å². The SMILES string of the molecule is CC.CC[C@@H](C)[C@]1(C)OC1C1C([C@@H](CC)OC(=O)C(C)C(=O)[C@H](C)COC)OC(O)N1CCCCc1ccccc1.CN(C)C1CCOC(O)C1. The Morgan fingerprint density at radius 1 is 1.06 bits per heavy atom. The van der Waals surface area contributed by atoms with E-state index in [1.54, 1.807) is 13.8 Å². The molecule has 0 radical (unpaired) electrons. The zero-order valence-corrected chi connectivity index (χ0v) is 33.4. The van der Waals surface area contributed by atoms with Gasteiger partial charge in [-0.1, -0.05) is 78.3 Å². The molecule has 3 aliphatic heterocycles. The van der Waals surface area contributed by atoms with Gasteiger partial charge in [0.05, 0.1) is 24.9 Å². The van der Waals surface area contributed by atoms with Crippen LogP contribution in [0.15, 0.2) is 30.3 Å². The van der Waals surface area contributed by atoms with Gasteiger partial charge in [0.15, 0.2) is 12.1 Å². The number of carbonyl (C=O) groups is 2. The van der Waals surface area contributed by atoms with E-state index in [9.17, 15) is 14.7 Å². The van der Waals surface area contributed by atoms with E-state index in [4.69, 9.17) is 28.8 Å². The van der Waals surface area contributed by atoms with Crippen LogP contribution in [-0.4, -0.2) is 121 Å². The molecular weight excluding hydrogens is 652 g/mol. The second-order valence-corrected chi connectivity index (χ2v) is 14.5. The molecule has 0 spiro atoms. The Kier molecular flexibility index (Phi) is 19.8. The zero-order chi connectivity index (χ0) is 38.3. The number of aryl methyl sites for hydroxylation is 1. The summed E-state index contributed by atoms with van der Waals surface area (Å²) in [5, 5.41) is 20.1. The highest BCUT2D eigenvalue weighted by molar-refractivity contribution is 5.99. The van der Waals surface area contributed by atoms with E-state index in [1.807, 2.05) is 58.0 Å². The second kappa shape index (κ2) is 22.3. The van der Waals surface area contributed by atoms with E-state index in [1.165, 1.54) is 12.7 Å². The molecule has 11 nitrogen and oxygen atoms in total. The summed E-state index contributed by atoms with van der Waals surface area (Å²) in [5.74, 6) is -1.78. The van der Waals surface area contributed by atoms with Crippen molar-refractivity contribution in [2.75, 3.05) is 41.0 Å². The maximum absolute atomic E-state index is 13.1. The van der Waals surface area contributed by atoms with Gasteiger partial charge in [0.1, 0.15) is 24.2 Å². The molecule has 4 rings (SSSR count). The first-order valence-electron chi connectivity index (χ1n) is 19.3. The third kappa shape index (κ3) is 12.8. The van der Waals surface area contributed by atoms with Crippen LogP contribution in [0.1, 0.15) is 99.5 Å². The summed E-state index contributed by atoms with van der Waals surface area (Å²) in [6, 6.07) is 10.6. The van der Waals surface area contributed by atoms with Crippen molar-refractivity contribution in [3.05, 3.63) is 35.9 Å². The molecule has 3 heterocycles. The number of aliphatic hydroxyl groups is 2. The molecule has 7 unspecified atom stereocenters. The molecular formula is C40H70N2O9. The number of Topliss-reactive ketones (excluding diaryl/α,β-unsaturated/α-hetero) is 1. The summed E-state index contributed by atoms with van der Waals surface area (Å²) in [4.78, 5) is 29.9. The minimum Gasteiger partial charge on any atom is -0.459 e. The lowest BCUT2D eigenvalue weighted by Gasteiger charge is -2.31. The molecule has 3 aliphatic rings. The predicted octanol–water partition coefficient (Wildman–Crippen LogP) is 5.44. The van der Waals surface area contributed by atoms with E-state index in [0.29, 0.717) is 31.5 Å². The molecule has 2 N–H and O–H groups in total. The number of ether oxygens (including phenoxy) is 5. The molecule has 0 bridgehead atoms. The van der Waals surface area contributed by atoms with E-state index in [0.717, 1.165) is 38.5 Å². The van der Waals surface area contributed by atoms with Crippen LogP contribution in [0.25, 0.3) is 0 Å². The molecule has 3 saturated heterocycles. The van der Waals surface area contributed by atoms with Crippen molar-refractivity contribution >= 4 is 11.8 Å². The summed E-state index contributed by atoms with van der Waals surface area (Å²) < 4.78 is 28.4. The molecule has 11 atom stereocenters. The van der Waals surface area contributed by atoms with Gasteiger partial charge >= 0.3 is 5.97 Å². The lowest BCUT2D eigenvalue weighted by molar-refractivity contribution is -0.181. The first-order chi connectivity index (χ1) is 24.3. The molecule has 1 aromatic carbocycles. The standard InChI is InChI=1S/C31H49NO7.C7H15NO2.C2H6/c1-8-21(4)31(6)28(39-31)25-27(24(9-2)37-29(34)22(5)26(33)20(3)19-36-7)38-30(35)32(25)18-14-13-17-23-15-11-10-12-16-23;1-8(2)6-3-4-10-7(9)5-6;1-2/h10-12,15-16,20-22,24-25,27-28,30,35H,8-9,13-14,17-19H2,1-7H3;6-7,9H,3-5H2,1-2H3;1-2H3/t20-,21-,22?,24-,25?,27?,28?,30?,31+;;/m1../s1. The molecule has 0 amide bonds. The Labute approximate surface area is 308 Å². The fourth-order valence-corrected chi connectivity index (χ4v) is 7.00. The number of carbonyl (C=O) groups excluding carboxylic acids is 2. The van der Waals surface area contributed by atoms with Crippen molar-refractivity contribution < 1.29 is 43.5 Å². The molecule has 0 aromatic heterocycles. The van der Waals surface area contributed by atoms with Crippen molar-refractivity contribution in [1.29, 1.82) is 0 Å². The lowest BCUT2D eigenvalue weighted by atomic mass is 9.85. The maximum Gasteiger partial charge on any atom is 0.316 e. The number of aliphatic hydroxyl groups excluding tert-OH is 2. The number of esters is 1. The number of methoxy groups -OCH3 is 1. The number of hydrogen-bond acceptors (Lipinski definition) is 11. The van der Waals surface area contributed by atoms with Crippen molar-refractivity contribution in [2.45, 2.75) is 149 Å². The smallest absolute Gasteiger partial charge is 0.316 e. The van der Waals surface area contributed by atoms with Gasteiger partial charge in [-0.2, -0.15) is 0 Å². The number of hydrogen-bond donors (Lipinski definition) is 2. The van der Waals surface area contributed by atoms with Crippen LogP contribution < -0.4 is 0 Å². The van der Waals surface area contributed by atoms with Crippen molar-refractivity contribution in [3.63, 3.8) is 0 Å². The molecule has 3 fully saturated rings. The minimum atomic E-state index is -1.12. The highest BCUT2D eigenvalue weighted by Gasteiger charge is 2.65. The van der Waals surface area contributed by atoms with Crippen LogP contribution in [0.5, 0.6) is 0 Å². The average Bonchev–Trinajstić information content (AvgIpc) is 3.72. The van der Waals surface area contributed by atoms with E-state index < -0.39 is 42.7 Å². The molecule has 11 heteroatoms. The molecule has 0 aliphatic carbocycles. The summed E-state index contributed by atoms with van der Waals surface area (Å²) in [6.07, 6.45) is 3.05. The number of rotatable bonds is 17. The Morgan fingerprint density at radius 2 is 1.73 bits per heavy atom. The fraction of sp³-hybridized carbons (Fsp3) is 0.800. The van der Waals surface area contributed by atoms with Crippen LogP contribution >= 0.6 is 0 Å². The number of epoxide rings is 1. The Hall–Kier alpha value is -1.96. The van der Waals surface area contributed by atoms with Crippen LogP contribution in [0.4, 0.5) is 0 Å². The molecule has 294 valence electrons. The highest BCUT2D eigenvalue weighted by Crippen LogP contribution is 2.50. The maximum atomic E-state index is 13.1. The summed E-state index contributed by atoms with van der Waals surface area (Å²) in [5.41, 5.74) is 0.954. The van der Waals surface area contributed by atoms with Gasteiger partial charge < -0.3 is 38.8 Å². The molecule has 1 aromatic rings. The Balaban J connectivity index is 0.000000638. The number of benzene rings is 1. The third-order valence-electron chi connectivity index (χ3n) is 10.7. The van der Waals surface area contributed by atoms with Crippen molar-refractivity contribution in [3.8, 4) is 0 Å². The first-order valence-corrected chi connectivity index (χ1v) is 19.3. The van der Waals surface area contributed by atoms with E-state index >= 15 is 0 Å². The van der Waals surface area contributed by atoms with Gasteiger partial charge in [-0.25, -0.2) is 4.90 Å². The number of nitrogens with zero attached hydrogens (tertiary/aromatic N) is 2. The average molecular weight is 723 g/mol. The van der Waals surface area contributed by atoms with Gasteiger partial charge in [-0.3, -0.25) is 9.59 Å². The quantitative estimate of drug-likeness (QED) is 0.0923. The number of unbranched alkanes of at least 4 members (excludes halogenated alkanes) is 1. The van der Waals surface area contributed by atoms with Gasteiger partial charge in [-0.05, 0) is 71.5 Å². The largest absolute Gasteiger partial charge is 0.459 e. The molecule has 51 heavy (non-hydrogen) atoms. The van der Waals surface area contributed by atoms with Gasteiger partial charge in [0, 0.05) is 32.0 Å². The van der Waals surface area contributed by atoms with E-state index in [2.05, 4.69) is 37.8 Å². The Morgan fingerprint density at radius 3 is 2.27 bits per heavy atom. The fourth-order valence-electron chi connectivity index (χ4n) is 7.00. The minimum absolute atomic E-state index is 0.155. The first kappa shape index (κ1) is 45.2. The van der Waals surface area contributed by atoms with Crippen molar-refractivity contribution in [1.82, 2.24) is 9.80 Å². The normalized spacial score (nSPS) is 29.8. The van der Waals surface area contributed by atoms with Gasteiger partial charge in [0.2, 0.25) is 6.41 Å². The van der Waals surface area contributed by atoms with Crippen LogP contribution in [0, 0.1) is 17.8 Å². The molecule has 0 saturated carbocycles. The van der Waals surface area contributed by atoms with Crippen LogP contribution in [-0.2, 0) is 39.7 Å². The lowest BCUT2D eigenvalue weighted by Crippen LogP contribution is -2.50. The van der Waals surface area contributed by atoms with Gasteiger partial charge in [-0.15, -0.1) is 0 Å². The highest BCUT2D eigenvalue weighted by atomic mass is 16.7. The summed E-state index contributed by atoms with van der Waals surface area (Å²) in [6.45, 7) is 17.3. The zero-order valence-electron chi connectivity index (χ0n) is 33.4. The monoisotopic (exact) mass is 723 g/mol.